The number of amides is 1. The highest BCUT2D eigenvalue weighted by Gasteiger charge is 2.27. The fraction of sp³-hybridized carbons (Fsp3) is 0.304. The summed E-state index contributed by atoms with van der Waals surface area (Å²) in [7, 11) is 3.24. The standard InChI is InChI=1S/C23H26N4O3/c1-14-5-7-17(15(2)9-14)18-11-19-23(28)25-13-22(27(19)26-18)24-12-16-6-8-20(29-3)21(10-16)30-4/h5-11,22,24H,12-13H2,1-4H3,(H,25,28). The molecule has 0 fully saturated rings. The number of nitrogens with one attached hydrogen (secondary N) is 2. The van der Waals surface area contributed by atoms with Crippen LogP contribution in [0.4, 0.5) is 0 Å². The highest BCUT2D eigenvalue weighted by atomic mass is 16.5. The molecule has 2 N–H and O–H groups in total. The van der Waals surface area contributed by atoms with Gasteiger partial charge in [0, 0.05) is 12.1 Å². The number of methoxy groups -OCH3 is 2. The van der Waals surface area contributed by atoms with Gasteiger partial charge in [-0.15, -0.1) is 0 Å². The second-order valence-electron chi connectivity index (χ2n) is 7.47. The Balaban J connectivity index is 1.58. The molecular formula is C23H26N4O3. The third-order valence-corrected chi connectivity index (χ3v) is 5.37. The molecule has 0 saturated carbocycles. The predicted octanol–water partition coefficient (Wildman–Crippen LogP) is 3.22. The molecule has 0 bridgehead atoms. The second kappa shape index (κ2) is 8.20. The van der Waals surface area contributed by atoms with Crippen LogP contribution in [0, 0.1) is 13.8 Å². The molecule has 7 heteroatoms. The number of nitrogens with zero attached hydrogens (tertiary/aromatic N) is 2. The minimum absolute atomic E-state index is 0.109. The van der Waals surface area contributed by atoms with Crippen LogP contribution < -0.4 is 20.1 Å². The van der Waals surface area contributed by atoms with Crippen LogP contribution in [0.2, 0.25) is 0 Å². The Morgan fingerprint density at radius 3 is 2.63 bits per heavy atom. The van der Waals surface area contributed by atoms with E-state index in [4.69, 9.17) is 14.6 Å². The number of carbonyl (C=O) groups excluding carboxylic acids is 1. The van der Waals surface area contributed by atoms with Crippen LogP contribution in [0.15, 0.2) is 42.5 Å². The average molecular weight is 406 g/mol. The van der Waals surface area contributed by atoms with Crippen molar-refractivity contribution in [3.05, 3.63) is 64.8 Å². The Hall–Kier alpha value is -3.32. The van der Waals surface area contributed by atoms with Crippen molar-refractivity contribution >= 4 is 5.91 Å². The summed E-state index contributed by atoms with van der Waals surface area (Å²) >= 11 is 0. The van der Waals surface area contributed by atoms with Gasteiger partial charge < -0.3 is 14.8 Å². The number of carbonyl (C=O) groups is 1. The van der Waals surface area contributed by atoms with Gasteiger partial charge in [-0.2, -0.15) is 5.10 Å². The molecule has 1 aliphatic heterocycles. The lowest BCUT2D eigenvalue weighted by atomic mass is 10.0. The van der Waals surface area contributed by atoms with E-state index in [-0.39, 0.29) is 12.1 Å². The molecule has 0 saturated heterocycles. The first-order valence-electron chi connectivity index (χ1n) is 9.90. The maximum absolute atomic E-state index is 12.4. The van der Waals surface area contributed by atoms with Gasteiger partial charge in [0.05, 0.1) is 26.5 Å². The lowest BCUT2D eigenvalue weighted by molar-refractivity contribution is 0.0900. The van der Waals surface area contributed by atoms with Gasteiger partial charge in [0.1, 0.15) is 11.9 Å². The number of aryl methyl sites for hydroxylation is 2. The highest BCUT2D eigenvalue weighted by molar-refractivity contribution is 5.94. The van der Waals surface area contributed by atoms with Gasteiger partial charge >= 0.3 is 0 Å². The van der Waals surface area contributed by atoms with Crippen molar-refractivity contribution in [2.24, 2.45) is 0 Å². The van der Waals surface area contributed by atoms with Crippen molar-refractivity contribution in [2.75, 3.05) is 20.8 Å². The van der Waals surface area contributed by atoms with E-state index >= 15 is 0 Å². The van der Waals surface area contributed by atoms with Crippen LogP contribution in [0.3, 0.4) is 0 Å². The van der Waals surface area contributed by atoms with Gasteiger partial charge in [-0.3, -0.25) is 10.1 Å². The lowest BCUT2D eigenvalue weighted by Crippen LogP contribution is -2.45. The van der Waals surface area contributed by atoms with Crippen molar-refractivity contribution in [2.45, 2.75) is 26.6 Å². The van der Waals surface area contributed by atoms with E-state index in [2.05, 4.69) is 42.7 Å². The van der Waals surface area contributed by atoms with Crippen molar-refractivity contribution < 1.29 is 14.3 Å². The third kappa shape index (κ3) is 3.76. The zero-order valence-electron chi connectivity index (χ0n) is 17.7. The van der Waals surface area contributed by atoms with Gasteiger partial charge in [0.15, 0.2) is 11.5 Å². The van der Waals surface area contributed by atoms with E-state index in [0.29, 0.717) is 30.3 Å². The number of ether oxygens (including phenoxy) is 2. The Morgan fingerprint density at radius 1 is 1.10 bits per heavy atom. The van der Waals surface area contributed by atoms with E-state index in [9.17, 15) is 4.79 Å². The summed E-state index contributed by atoms with van der Waals surface area (Å²) < 4.78 is 12.5. The summed E-state index contributed by atoms with van der Waals surface area (Å²) in [4.78, 5) is 12.4. The number of rotatable bonds is 6. The topological polar surface area (TPSA) is 77.4 Å². The Labute approximate surface area is 176 Å². The van der Waals surface area contributed by atoms with Crippen LogP contribution in [0.25, 0.3) is 11.3 Å². The Morgan fingerprint density at radius 2 is 1.90 bits per heavy atom. The molecular weight excluding hydrogens is 380 g/mol. The molecule has 0 aliphatic carbocycles. The maximum atomic E-state index is 12.4. The zero-order chi connectivity index (χ0) is 21.3. The smallest absolute Gasteiger partial charge is 0.269 e. The molecule has 3 aromatic rings. The van der Waals surface area contributed by atoms with Crippen molar-refractivity contribution in [3.63, 3.8) is 0 Å². The summed E-state index contributed by atoms with van der Waals surface area (Å²) in [5.74, 6) is 1.27. The van der Waals surface area contributed by atoms with Gasteiger partial charge in [-0.1, -0.05) is 29.8 Å². The first-order valence-corrected chi connectivity index (χ1v) is 9.90. The fourth-order valence-corrected chi connectivity index (χ4v) is 3.79. The van der Waals surface area contributed by atoms with E-state index in [1.807, 2.05) is 24.3 Å². The SMILES string of the molecule is COc1ccc(CNC2CNC(=O)c3cc(-c4ccc(C)cc4C)nn32)cc1OC. The lowest BCUT2D eigenvalue weighted by Gasteiger charge is -2.26. The number of benzene rings is 2. The maximum Gasteiger partial charge on any atom is 0.269 e. The minimum atomic E-state index is -0.148. The molecule has 4 rings (SSSR count). The van der Waals surface area contributed by atoms with Gasteiger partial charge in [0.25, 0.3) is 5.91 Å². The highest BCUT2D eigenvalue weighted by Crippen LogP contribution is 2.29. The first kappa shape index (κ1) is 20.0. The summed E-state index contributed by atoms with van der Waals surface area (Å²) in [6, 6.07) is 13.9. The van der Waals surface area contributed by atoms with Gasteiger partial charge in [-0.05, 0) is 43.2 Å². The zero-order valence-corrected chi connectivity index (χ0v) is 17.7. The molecule has 1 aromatic heterocycles. The molecule has 1 amide bonds. The Kier molecular flexibility index (Phi) is 5.46. The van der Waals surface area contributed by atoms with Crippen LogP contribution in [0.5, 0.6) is 11.5 Å². The summed E-state index contributed by atoms with van der Waals surface area (Å²) in [5, 5.41) is 11.2. The average Bonchev–Trinajstić information content (AvgIpc) is 3.19. The number of fused-ring (bicyclic) bond motifs is 1. The minimum Gasteiger partial charge on any atom is -0.493 e. The van der Waals surface area contributed by atoms with E-state index in [1.54, 1.807) is 18.9 Å². The molecule has 1 aliphatic rings. The predicted molar refractivity (Wildman–Crippen MR) is 115 cm³/mol. The van der Waals surface area contributed by atoms with Crippen LogP contribution in [0.1, 0.15) is 33.3 Å². The fourth-order valence-electron chi connectivity index (χ4n) is 3.79. The van der Waals surface area contributed by atoms with Crippen LogP contribution in [-0.4, -0.2) is 36.5 Å². The number of aromatic nitrogens is 2. The largest absolute Gasteiger partial charge is 0.493 e. The molecule has 1 unspecified atom stereocenters. The quantitative estimate of drug-likeness (QED) is 0.657. The van der Waals surface area contributed by atoms with Crippen LogP contribution in [-0.2, 0) is 6.54 Å². The van der Waals surface area contributed by atoms with Crippen molar-refractivity contribution in [1.82, 2.24) is 20.4 Å². The molecule has 156 valence electrons. The number of hydrogen-bond acceptors (Lipinski definition) is 5. The van der Waals surface area contributed by atoms with Crippen LogP contribution >= 0.6 is 0 Å². The molecule has 2 aromatic carbocycles. The first-order chi connectivity index (χ1) is 14.5. The molecule has 0 spiro atoms. The van der Waals surface area contributed by atoms with E-state index < -0.39 is 0 Å². The monoisotopic (exact) mass is 406 g/mol. The molecule has 2 heterocycles. The Bertz CT molecular complexity index is 1090. The molecule has 30 heavy (non-hydrogen) atoms. The second-order valence-corrected chi connectivity index (χ2v) is 7.47. The summed E-state index contributed by atoms with van der Waals surface area (Å²) in [5.41, 5.74) is 5.79. The molecule has 1 atom stereocenters. The summed E-state index contributed by atoms with van der Waals surface area (Å²) in [6.45, 7) is 5.19. The van der Waals surface area contributed by atoms with E-state index in [0.717, 1.165) is 22.4 Å². The molecule has 0 radical (unpaired) electrons. The van der Waals surface area contributed by atoms with Gasteiger partial charge in [-0.25, -0.2) is 4.68 Å². The normalized spacial score (nSPS) is 15.5. The molecule has 7 nitrogen and oxygen atoms in total. The van der Waals surface area contributed by atoms with Crippen molar-refractivity contribution in [3.8, 4) is 22.8 Å². The third-order valence-electron chi connectivity index (χ3n) is 5.37. The number of hydrogen-bond donors (Lipinski definition) is 2. The summed E-state index contributed by atoms with van der Waals surface area (Å²) in [6.07, 6.45) is -0.148. The van der Waals surface area contributed by atoms with Gasteiger partial charge in [0.2, 0.25) is 0 Å². The van der Waals surface area contributed by atoms with E-state index in [1.165, 1.54) is 5.56 Å². The van der Waals surface area contributed by atoms with Crippen molar-refractivity contribution in [1.29, 1.82) is 0 Å².